The van der Waals surface area contributed by atoms with E-state index in [1.54, 1.807) is 6.92 Å². The number of carbonyl (C=O) groups is 1. The van der Waals surface area contributed by atoms with Crippen LogP contribution in [0.4, 0.5) is 16.3 Å². The number of aromatic nitrogens is 2. The van der Waals surface area contributed by atoms with Crippen LogP contribution in [0, 0.1) is 12.8 Å². The molecule has 5 rings (SSSR count). The molecule has 2 aromatic rings. The normalized spacial score (nSPS) is 23.7. The Kier molecular flexibility index (Phi) is 5.88. The van der Waals surface area contributed by atoms with Gasteiger partial charge in [-0.25, -0.2) is 14.8 Å². The van der Waals surface area contributed by atoms with Crippen LogP contribution in [0.2, 0.25) is 5.02 Å². The van der Waals surface area contributed by atoms with E-state index in [9.17, 15) is 4.79 Å². The van der Waals surface area contributed by atoms with Crippen LogP contribution in [-0.2, 0) is 4.74 Å². The molecular weight excluding hydrogens is 454 g/mol. The molecule has 1 aromatic carbocycles. The molecule has 9 heteroatoms. The molecule has 34 heavy (non-hydrogen) atoms. The summed E-state index contributed by atoms with van der Waals surface area (Å²) in [5.74, 6) is 2.19. The number of aliphatic imine (C=N–C) groups is 1. The average molecular weight is 484 g/mol. The van der Waals surface area contributed by atoms with Gasteiger partial charge in [-0.3, -0.25) is 0 Å². The van der Waals surface area contributed by atoms with Gasteiger partial charge < -0.3 is 20.1 Å². The number of carbonyl (C=O) groups excluding carboxylic acids is 1. The molecular formula is C25H30ClN5O3. The first-order valence-electron chi connectivity index (χ1n) is 11.8. The number of hydrogen-bond acceptors (Lipinski definition) is 7. The highest BCUT2D eigenvalue weighted by atomic mass is 35.5. The maximum atomic E-state index is 11.7. The number of ether oxygens (including phenoxy) is 2. The van der Waals surface area contributed by atoms with Gasteiger partial charge in [-0.1, -0.05) is 23.7 Å². The number of aryl methyl sites for hydroxylation is 1. The van der Waals surface area contributed by atoms with Gasteiger partial charge >= 0.3 is 6.09 Å². The van der Waals surface area contributed by atoms with E-state index in [2.05, 4.69) is 22.1 Å². The Morgan fingerprint density at radius 1 is 1.21 bits per heavy atom. The smallest absolute Gasteiger partial charge is 0.409 e. The molecule has 3 aliphatic rings. The molecule has 0 bridgehead atoms. The number of hydrogen-bond donors (Lipinski definition) is 1. The maximum Gasteiger partial charge on any atom is 0.409 e. The fourth-order valence-corrected chi connectivity index (χ4v) is 5.59. The number of anilines is 1. The zero-order valence-corrected chi connectivity index (χ0v) is 20.6. The molecule has 2 aliphatic heterocycles. The first-order chi connectivity index (χ1) is 16.2. The Morgan fingerprint density at radius 2 is 1.97 bits per heavy atom. The molecule has 3 heterocycles. The van der Waals surface area contributed by atoms with Gasteiger partial charge in [0.05, 0.1) is 12.3 Å². The molecule has 1 saturated carbocycles. The summed E-state index contributed by atoms with van der Waals surface area (Å²) in [7, 11) is 0. The molecule has 0 unspecified atom stereocenters. The SMILES string of the molecule is Cc1nc(N)c2c(n1)OC(C)(C)C(c1ccc(C3CCC(CN4CCOC4=O)CC3)c(Cl)c1)=N2. The predicted molar refractivity (Wildman–Crippen MR) is 131 cm³/mol. The van der Waals surface area contributed by atoms with E-state index in [0.717, 1.165) is 48.5 Å². The van der Waals surface area contributed by atoms with Crippen LogP contribution in [0.5, 0.6) is 5.88 Å². The summed E-state index contributed by atoms with van der Waals surface area (Å²) in [5.41, 5.74) is 8.67. The van der Waals surface area contributed by atoms with E-state index < -0.39 is 5.60 Å². The highest BCUT2D eigenvalue weighted by Crippen LogP contribution is 2.42. The van der Waals surface area contributed by atoms with Crippen molar-refractivity contribution in [1.29, 1.82) is 0 Å². The molecule has 1 aliphatic carbocycles. The van der Waals surface area contributed by atoms with Gasteiger partial charge in [0.1, 0.15) is 18.0 Å². The predicted octanol–water partition coefficient (Wildman–Crippen LogP) is 5.04. The van der Waals surface area contributed by atoms with Crippen molar-refractivity contribution in [3.05, 3.63) is 40.2 Å². The number of fused-ring (bicyclic) bond motifs is 1. The quantitative estimate of drug-likeness (QED) is 0.653. The van der Waals surface area contributed by atoms with Crippen LogP contribution in [-0.4, -0.2) is 52.0 Å². The number of cyclic esters (lactones) is 1. The number of benzene rings is 1. The minimum Gasteiger partial charge on any atom is -0.463 e. The summed E-state index contributed by atoms with van der Waals surface area (Å²) in [4.78, 5) is 27.0. The van der Waals surface area contributed by atoms with E-state index in [4.69, 9.17) is 31.8 Å². The third-order valence-electron chi connectivity index (χ3n) is 7.02. The lowest BCUT2D eigenvalue weighted by molar-refractivity contribution is 0.150. The van der Waals surface area contributed by atoms with Gasteiger partial charge in [-0.05, 0) is 69.9 Å². The van der Waals surface area contributed by atoms with Gasteiger partial charge in [-0.15, -0.1) is 0 Å². The zero-order valence-electron chi connectivity index (χ0n) is 19.8. The van der Waals surface area contributed by atoms with E-state index in [0.29, 0.717) is 48.2 Å². The number of halogens is 1. The Bertz CT molecular complexity index is 1160. The van der Waals surface area contributed by atoms with E-state index in [1.165, 1.54) is 5.56 Å². The van der Waals surface area contributed by atoms with Crippen molar-refractivity contribution in [2.45, 2.75) is 58.0 Å². The Labute approximate surface area is 204 Å². The molecule has 1 amide bonds. The summed E-state index contributed by atoms with van der Waals surface area (Å²) < 4.78 is 11.2. The summed E-state index contributed by atoms with van der Waals surface area (Å²) in [6, 6.07) is 6.15. The second-order valence-corrected chi connectivity index (χ2v) is 10.3. The third-order valence-corrected chi connectivity index (χ3v) is 7.35. The fourth-order valence-electron chi connectivity index (χ4n) is 5.25. The summed E-state index contributed by atoms with van der Waals surface area (Å²) in [6.07, 6.45) is 4.10. The van der Waals surface area contributed by atoms with Crippen LogP contribution < -0.4 is 10.5 Å². The van der Waals surface area contributed by atoms with Crippen LogP contribution >= 0.6 is 11.6 Å². The average Bonchev–Trinajstić information content (AvgIpc) is 3.17. The summed E-state index contributed by atoms with van der Waals surface area (Å²) >= 11 is 6.81. The van der Waals surface area contributed by atoms with Gasteiger partial charge in [0.2, 0.25) is 5.88 Å². The Hall–Kier alpha value is -2.87. The molecule has 0 radical (unpaired) electrons. The lowest BCUT2D eigenvalue weighted by atomic mass is 9.78. The van der Waals surface area contributed by atoms with Gasteiger partial charge in [0.25, 0.3) is 0 Å². The second kappa shape index (κ2) is 8.73. The molecule has 2 fully saturated rings. The number of nitrogens with two attached hydrogens (primary N) is 1. The molecule has 0 atom stereocenters. The van der Waals surface area contributed by atoms with E-state index in [1.807, 2.05) is 24.8 Å². The first-order valence-corrected chi connectivity index (χ1v) is 12.2. The van der Waals surface area contributed by atoms with Crippen molar-refractivity contribution >= 4 is 34.9 Å². The largest absolute Gasteiger partial charge is 0.463 e. The summed E-state index contributed by atoms with van der Waals surface area (Å²) in [6.45, 7) is 7.70. The molecule has 2 N–H and O–H groups in total. The van der Waals surface area contributed by atoms with Gasteiger partial charge in [-0.2, -0.15) is 4.98 Å². The highest BCUT2D eigenvalue weighted by molar-refractivity contribution is 6.32. The molecule has 180 valence electrons. The van der Waals surface area contributed by atoms with Gasteiger partial charge in [0.15, 0.2) is 11.5 Å². The second-order valence-electron chi connectivity index (χ2n) is 9.90. The van der Waals surface area contributed by atoms with Crippen LogP contribution in [0.25, 0.3) is 0 Å². The Balaban J connectivity index is 1.33. The summed E-state index contributed by atoms with van der Waals surface area (Å²) in [5, 5.41) is 0.737. The third kappa shape index (κ3) is 4.31. The van der Waals surface area contributed by atoms with Crippen LogP contribution in [0.15, 0.2) is 23.2 Å². The molecule has 8 nitrogen and oxygen atoms in total. The lowest BCUT2D eigenvalue weighted by Gasteiger charge is -2.33. The number of amides is 1. The van der Waals surface area contributed by atoms with Crippen LogP contribution in [0.3, 0.4) is 0 Å². The van der Waals surface area contributed by atoms with Crippen molar-refractivity contribution in [2.24, 2.45) is 10.9 Å². The highest BCUT2D eigenvalue weighted by Gasteiger charge is 2.36. The zero-order chi connectivity index (χ0) is 24.0. The van der Waals surface area contributed by atoms with E-state index >= 15 is 0 Å². The fraction of sp³-hybridized carbons (Fsp3) is 0.520. The molecule has 0 spiro atoms. The van der Waals surface area contributed by atoms with Crippen LogP contribution in [0.1, 0.15) is 62.4 Å². The standard InChI is InChI=1S/C25H30ClN5O3/c1-14-28-22(27)20-23(29-14)34-25(2,3)21(30-20)17-8-9-18(19(26)12-17)16-6-4-15(5-7-16)13-31-10-11-33-24(31)32/h8-9,12,15-16H,4-7,10-11,13H2,1-3H3,(H2,27,28,29). The number of nitrogen functional groups attached to an aromatic ring is 1. The first kappa shape index (κ1) is 22.9. The molecule has 1 saturated heterocycles. The minimum absolute atomic E-state index is 0.177. The Morgan fingerprint density at radius 3 is 2.65 bits per heavy atom. The van der Waals surface area contributed by atoms with Crippen molar-refractivity contribution < 1.29 is 14.3 Å². The maximum absolute atomic E-state index is 11.7. The topological polar surface area (TPSA) is 103 Å². The number of nitrogens with zero attached hydrogens (tertiary/aromatic N) is 4. The lowest BCUT2D eigenvalue weighted by Crippen LogP contribution is -2.41. The number of rotatable bonds is 4. The van der Waals surface area contributed by atoms with E-state index in [-0.39, 0.29) is 6.09 Å². The molecule has 1 aromatic heterocycles. The van der Waals surface area contributed by atoms with Gasteiger partial charge in [0, 0.05) is 17.1 Å². The monoisotopic (exact) mass is 483 g/mol. The van der Waals surface area contributed by atoms with Crippen molar-refractivity contribution in [2.75, 3.05) is 25.4 Å². The van der Waals surface area contributed by atoms with Crippen molar-refractivity contribution in [3.63, 3.8) is 0 Å². The van der Waals surface area contributed by atoms with Crippen molar-refractivity contribution in [3.8, 4) is 5.88 Å². The van der Waals surface area contributed by atoms with Crippen molar-refractivity contribution in [1.82, 2.24) is 14.9 Å². The minimum atomic E-state index is -0.695.